The number of thiazole rings is 1. The van der Waals surface area contributed by atoms with Crippen molar-refractivity contribution >= 4 is 44.6 Å². The molecule has 188 valence electrons. The molecule has 2 fully saturated rings. The topological polar surface area (TPSA) is 105 Å². The lowest BCUT2D eigenvalue weighted by molar-refractivity contribution is 0.0566. The molecule has 1 spiro atoms. The Morgan fingerprint density at radius 3 is 2.78 bits per heavy atom. The summed E-state index contributed by atoms with van der Waals surface area (Å²) in [7, 11) is -3.70. The van der Waals surface area contributed by atoms with Crippen molar-refractivity contribution in [2.75, 3.05) is 13.1 Å². The Kier molecular flexibility index (Phi) is 5.50. The summed E-state index contributed by atoms with van der Waals surface area (Å²) in [5, 5.41) is 6.28. The standard InChI is InChI=1S/C21H17ClF3N7O2S2/c22-14-5-12(23)1-2-13(14)17-16(11-7-27-32(8-11)20(24)25)15-6-21(9-28-36(33,34)30-21)10-31(15)18(29-17)19-26-3-4-35-19/h1-5,7-8,17,20,28,30H,6,9-10H2/t17-,21-/m0/s1. The number of nitrogens with zero attached hydrogens (tertiary/aromatic N) is 5. The fraction of sp³-hybridized carbons (Fsp3) is 0.286. The minimum atomic E-state index is -3.70. The average molecular weight is 556 g/mol. The van der Waals surface area contributed by atoms with Gasteiger partial charge in [0.05, 0.1) is 11.7 Å². The third kappa shape index (κ3) is 3.93. The molecule has 0 unspecified atom stereocenters. The Balaban J connectivity index is 1.59. The van der Waals surface area contributed by atoms with Crippen LogP contribution in [0.2, 0.25) is 5.02 Å². The van der Waals surface area contributed by atoms with Crippen LogP contribution in [0.4, 0.5) is 13.2 Å². The zero-order valence-corrected chi connectivity index (χ0v) is 20.6. The van der Waals surface area contributed by atoms with Crippen LogP contribution >= 0.6 is 22.9 Å². The van der Waals surface area contributed by atoms with Gasteiger partial charge in [0.25, 0.3) is 10.2 Å². The highest BCUT2D eigenvalue weighted by Crippen LogP contribution is 2.48. The third-order valence-corrected chi connectivity index (χ3v) is 8.65. The van der Waals surface area contributed by atoms with Gasteiger partial charge in [0.1, 0.15) is 11.9 Å². The first-order valence-corrected chi connectivity index (χ1v) is 13.4. The SMILES string of the molecule is O=S1(=O)NC[C@]2(CC3=C(c4cnn(C(F)F)c4)[C@H](c4ccc(F)cc4Cl)N=C(c4nccs4)N3C2)N1. The van der Waals surface area contributed by atoms with Crippen molar-refractivity contribution in [3.8, 4) is 0 Å². The minimum absolute atomic E-state index is 0.117. The van der Waals surface area contributed by atoms with Crippen molar-refractivity contribution < 1.29 is 21.6 Å². The predicted octanol–water partition coefficient (Wildman–Crippen LogP) is 3.32. The number of aromatic nitrogens is 3. The number of alkyl halides is 2. The zero-order chi connectivity index (χ0) is 25.2. The van der Waals surface area contributed by atoms with Crippen LogP contribution in [0.5, 0.6) is 0 Å². The Labute approximate surface area is 212 Å². The highest BCUT2D eigenvalue weighted by molar-refractivity contribution is 7.87. The molecule has 0 bridgehead atoms. The molecule has 2 atom stereocenters. The molecule has 36 heavy (non-hydrogen) atoms. The molecule has 2 N–H and O–H groups in total. The lowest BCUT2D eigenvalue weighted by Gasteiger charge is -2.32. The van der Waals surface area contributed by atoms with Gasteiger partial charge in [-0.3, -0.25) is 4.99 Å². The molecule has 6 rings (SSSR count). The number of fused-ring (bicyclic) bond motifs is 1. The van der Waals surface area contributed by atoms with Gasteiger partial charge in [-0.2, -0.15) is 27.0 Å². The van der Waals surface area contributed by atoms with Crippen LogP contribution in [0.15, 0.2) is 52.9 Å². The highest BCUT2D eigenvalue weighted by atomic mass is 35.5. The number of benzene rings is 1. The van der Waals surface area contributed by atoms with Crippen LogP contribution in [0.3, 0.4) is 0 Å². The Morgan fingerprint density at radius 1 is 1.31 bits per heavy atom. The number of halogens is 4. The summed E-state index contributed by atoms with van der Waals surface area (Å²) in [5.41, 5.74) is 1.13. The van der Waals surface area contributed by atoms with Crippen molar-refractivity contribution in [2.45, 2.75) is 24.6 Å². The first-order chi connectivity index (χ1) is 17.1. The van der Waals surface area contributed by atoms with E-state index in [0.29, 0.717) is 37.9 Å². The number of nitrogens with one attached hydrogen (secondary N) is 2. The molecular formula is C21H17ClF3N7O2S2. The molecule has 0 amide bonds. The van der Waals surface area contributed by atoms with Crippen LogP contribution in [0.25, 0.3) is 5.57 Å². The minimum Gasteiger partial charge on any atom is -0.326 e. The maximum Gasteiger partial charge on any atom is 0.333 e. The molecule has 0 radical (unpaired) electrons. The molecule has 0 saturated carbocycles. The van der Waals surface area contributed by atoms with Crippen molar-refractivity contribution in [1.82, 2.24) is 29.1 Å². The zero-order valence-electron chi connectivity index (χ0n) is 18.2. The second-order valence-electron chi connectivity index (χ2n) is 8.68. The molecule has 0 aliphatic carbocycles. The fourth-order valence-corrected chi connectivity index (χ4v) is 7.09. The summed E-state index contributed by atoms with van der Waals surface area (Å²) < 4.78 is 70.9. The Morgan fingerprint density at radius 2 is 2.14 bits per heavy atom. The van der Waals surface area contributed by atoms with Crippen LogP contribution in [0.1, 0.15) is 35.1 Å². The van der Waals surface area contributed by atoms with E-state index in [9.17, 15) is 21.6 Å². The van der Waals surface area contributed by atoms with Gasteiger partial charge in [-0.1, -0.05) is 17.7 Å². The third-order valence-electron chi connectivity index (χ3n) is 6.33. The molecule has 3 aliphatic rings. The van der Waals surface area contributed by atoms with Gasteiger partial charge in [0.15, 0.2) is 10.8 Å². The smallest absolute Gasteiger partial charge is 0.326 e. The summed E-state index contributed by atoms with van der Waals surface area (Å²) in [5.74, 6) is -0.0466. The molecule has 15 heteroatoms. The Hall–Kier alpha value is -2.78. The van der Waals surface area contributed by atoms with Crippen LogP contribution in [-0.4, -0.2) is 52.5 Å². The second kappa shape index (κ2) is 8.38. The fourth-order valence-electron chi connectivity index (χ4n) is 4.87. The number of hydrogen-bond donors (Lipinski definition) is 2. The molecule has 3 aromatic rings. The van der Waals surface area contributed by atoms with Crippen molar-refractivity contribution in [1.29, 1.82) is 0 Å². The number of hydrogen-bond acceptors (Lipinski definition) is 7. The normalized spacial score (nSPS) is 25.2. The summed E-state index contributed by atoms with van der Waals surface area (Å²) in [4.78, 5) is 11.2. The van der Waals surface area contributed by atoms with E-state index in [-0.39, 0.29) is 24.5 Å². The van der Waals surface area contributed by atoms with Gasteiger partial charge in [-0.05, 0) is 17.7 Å². The lowest BCUT2D eigenvalue weighted by atomic mass is 9.89. The first-order valence-electron chi connectivity index (χ1n) is 10.7. The predicted molar refractivity (Wildman–Crippen MR) is 127 cm³/mol. The molecule has 2 aromatic heterocycles. The summed E-state index contributed by atoms with van der Waals surface area (Å²) in [6.45, 7) is -2.48. The molecule has 5 heterocycles. The molecule has 9 nitrogen and oxygen atoms in total. The van der Waals surface area contributed by atoms with Crippen molar-refractivity contribution in [3.63, 3.8) is 0 Å². The van der Waals surface area contributed by atoms with Gasteiger partial charge >= 0.3 is 6.55 Å². The van der Waals surface area contributed by atoms with Crippen LogP contribution < -0.4 is 9.44 Å². The van der Waals surface area contributed by atoms with E-state index in [2.05, 4.69) is 19.5 Å². The average Bonchev–Trinajstić information content (AvgIpc) is 3.59. The van der Waals surface area contributed by atoms with E-state index in [1.807, 2.05) is 4.90 Å². The van der Waals surface area contributed by atoms with Gasteiger partial charge < -0.3 is 4.90 Å². The summed E-state index contributed by atoms with van der Waals surface area (Å²) in [6.07, 6.45) is 4.39. The lowest BCUT2D eigenvalue weighted by Crippen LogP contribution is -2.47. The monoisotopic (exact) mass is 555 g/mol. The number of amidine groups is 1. The highest BCUT2D eigenvalue weighted by Gasteiger charge is 2.52. The summed E-state index contributed by atoms with van der Waals surface area (Å²) >= 11 is 7.79. The van der Waals surface area contributed by atoms with Crippen molar-refractivity contribution in [2.24, 2.45) is 4.99 Å². The molecule has 2 saturated heterocycles. The largest absolute Gasteiger partial charge is 0.333 e. The Bertz CT molecular complexity index is 1520. The van der Waals surface area contributed by atoms with Crippen molar-refractivity contribution in [3.05, 3.63) is 74.8 Å². The summed E-state index contributed by atoms with van der Waals surface area (Å²) in [6, 6.07) is 3.11. The quantitative estimate of drug-likeness (QED) is 0.514. The van der Waals surface area contributed by atoms with E-state index in [4.69, 9.17) is 16.6 Å². The van der Waals surface area contributed by atoms with Gasteiger partial charge in [0, 0.05) is 59.1 Å². The van der Waals surface area contributed by atoms with Gasteiger partial charge in [0.2, 0.25) is 0 Å². The van der Waals surface area contributed by atoms with E-state index in [1.165, 1.54) is 35.9 Å². The van der Waals surface area contributed by atoms with E-state index in [0.717, 1.165) is 6.07 Å². The first kappa shape index (κ1) is 23.6. The van der Waals surface area contributed by atoms with E-state index < -0.39 is 34.2 Å². The molecular weight excluding hydrogens is 539 g/mol. The van der Waals surface area contributed by atoms with E-state index in [1.54, 1.807) is 11.6 Å². The van der Waals surface area contributed by atoms with Gasteiger partial charge in [-0.25, -0.2) is 18.8 Å². The van der Waals surface area contributed by atoms with E-state index >= 15 is 0 Å². The van der Waals surface area contributed by atoms with Gasteiger partial charge in [-0.15, -0.1) is 11.3 Å². The van der Waals surface area contributed by atoms with Crippen LogP contribution in [0, 0.1) is 5.82 Å². The number of rotatable bonds is 4. The number of aliphatic imine (C=N–C) groups is 1. The maximum absolute atomic E-state index is 13.9. The molecule has 3 aliphatic heterocycles. The maximum atomic E-state index is 13.9. The van der Waals surface area contributed by atoms with Crippen LogP contribution in [-0.2, 0) is 10.2 Å². The second-order valence-corrected chi connectivity index (χ2v) is 11.5. The molecule has 1 aromatic carbocycles.